The van der Waals surface area contributed by atoms with Crippen molar-refractivity contribution >= 4 is 46.4 Å². The lowest BCUT2D eigenvalue weighted by Crippen LogP contribution is -2.30. The number of nitrogens with one attached hydrogen (secondary N) is 2. The smallest absolute Gasteiger partial charge is 0.291 e. The molecular formula is C32H36Cl2N8O2. The molecule has 0 aliphatic carbocycles. The SMILES string of the molecule is CCN1CCc2c(nc(C(=O)Nc3cccc(-c4cccc(NC(=O)c5nc6c(n5C)CCN(CC)C6)c4Cl)c3Cl)n2C)C1. The number of likely N-dealkylation sites (N-methyl/N-ethyl adjacent to an activating group) is 2. The van der Waals surface area contributed by atoms with E-state index in [0.717, 1.165) is 74.9 Å². The molecule has 2 aromatic heterocycles. The van der Waals surface area contributed by atoms with Crippen LogP contribution in [0.2, 0.25) is 10.0 Å². The lowest BCUT2D eigenvalue weighted by atomic mass is 10.0. The van der Waals surface area contributed by atoms with Crippen LogP contribution in [0.1, 0.15) is 57.9 Å². The summed E-state index contributed by atoms with van der Waals surface area (Å²) in [5, 5.41) is 6.55. The number of nitrogens with zero attached hydrogens (tertiary/aromatic N) is 6. The van der Waals surface area contributed by atoms with E-state index in [1.807, 2.05) is 35.4 Å². The van der Waals surface area contributed by atoms with Crippen molar-refractivity contribution in [1.82, 2.24) is 28.9 Å². The summed E-state index contributed by atoms with van der Waals surface area (Å²) >= 11 is 13.7. The third-order valence-electron chi connectivity index (χ3n) is 8.75. The second kappa shape index (κ2) is 12.4. The molecule has 0 unspecified atom stereocenters. The Hall–Kier alpha value is -3.70. The first kappa shape index (κ1) is 30.3. The topological polar surface area (TPSA) is 100 Å². The molecule has 0 spiro atoms. The van der Waals surface area contributed by atoms with E-state index in [9.17, 15) is 9.59 Å². The van der Waals surface area contributed by atoms with Gasteiger partial charge in [0.15, 0.2) is 11.6 Å². The number of imidazole rings is 2. The highest BCUT2D eigenvalue weighted by Gasteiger charge is 2.27. The van der Waals surface area contributed by atoms with Gasteiger partial charge in [0, 0.05) is 75.6 Å². The minimum Gasteiger partial charge on any atom is -0.327 e. The molecule has 2 N–H and O–H groups in total. The number of aromatic nitrogens is 4. The van der Waals surface area contributed by atoms with Gasteiger partial charge < -0.3 is 19.8 Å². The highest BCUT2D eigenvalue weighted by molar-refractivity contribution is 6.40. The summed E-state index contributed by atoms with van der Waals surface area (Å²) in [5.74, 6) is 0.0120. The van der Waals surface area contributed by atoms with Crippen LogP contribution in [0.4, 0.5) is 11.4 Å². The third kappa shape index (κ3) is 5.51. The van der Waals surface area contributed by atoms with Gasteiger partial charge in [-0.05, 0) is 25.2 Å². The van der Waals surface area contributed by atoms with Gasteiger partial charge in [0.25, 0.3) is 11.8 Å². The van der Waals surface area contributed by atoms with E-state index in [1.165, 1.54) is 0 Å². The molecule has 0 atom stereocenters. The van der Waals surface area contributed by atoms with E-state index in [1.54, 1.807) is 24.3 Å². The van der Waals surface area contributed by atoms with Gasteiger partial charge in [0.1, 0.15) is 0 Å². The number of rotatable bonds is 7. The standard InChI is InChI=1S/C32H36Cl2N8O2/c1-5-41-15-13-25-23(17-41)35-29(39(25)3)31(43)37-21-11-7-9-19(27(21)33)20-10-8-12-22(28(20)34)38-32(44)30-36-24-18-42(6-2)16-14-26(24)40(30)4/h7-12H,5-6,13-18H2,1-4H3,(H,37,43)(H,38,44). The van der Waals surface area contributed by atoms with Gasteiger partial charge >= 0.3 is 0 Å². The van der Waals surface area contributed by atoms with Crippen LogP contribution in [0, 0.1) is 0 Å². The van der Waals surface area contributed by atoms with Crippen LogP contribution in [0.5, 0.6) is 0 Å². The zero-order valence-electron chi connectivity index (χ0n) is 25.4. The maximum Gasteiger partial charge on any atom is 0.291 e. The molecule has 6 rings (SSSR count). The van der Waals surface area contributed by atoms with Gasteiger partial charge in [-0.3, -0.25) is 19.4 Å². The minimum atomic E-state index is -0.337. The quantitative estimate of drug-likeness (QED) is 0.283. The Bertz CT molecular complexity index is 1630. The second-order valence-electron chi connectivity index (χ2n) is 11.3. The van der Waals surface area contributed by atoms with Gasteiger partial charge in [-0.25, -0.2) is 9.97 Å². The van der Waals surface area contributed by atoms with E-state index in [2.05, 4.69) is 44.2 Å². The van der Waals surface area contributed by atoms with Crippen molar-refractivity contribution in [3.63, 3.8) is 0 Å². The number of benzene rings is 2. The number of hydrogen-bond donors (Lipinski definition) is 2. The summed E-state index contributed by atoms with van der Waals surface area (Å²) in [6.45, 7) is 9.48. The maximum atomic E-state index is 13.4. The highest BCUT2D eigenvalue weighted by Crippen LogP contribution is 2.40. The number of anilines is 2. The van der Waals surface area contributed by atoms with Crippen LogP contribution < -0.4 is 10.6 Å². The van der Waals surface area contributed by atoms with E-state index < -0.39 is 0 Å². The summed E-state index contributed by atoms with van der Waals surface area (Å²) in [6, 6.07) is 10.8. The fraction of sp³-hybridized carbons (Fsp3) is 0.375. The van der Waals surface area contributed by atoms with E-state index >= 15 is 0 Å². The molecule has 230 valence electrons. The van der Waals surface area contributed by atoms with Crippen LogP contribution >= 0.6 is 23.2 Å². The molecular weight excluding hydrogens is 599 g/mol. The lowest BCUT2D eigenvalue weighted by molar-refractivity contribution is 0.100. The second-order valence-corrected chi connectivity index (χ2v) is 12.0. The first-order chi connectivity index (χ1) is 21.2. The Morgan fingerprint density at radius 1 is 0.727 bits per heavy atom. The molecule has 4 heterocycles. The number of hydrogen-bond acceptors (Lipinski definition) is 6. The summed E-state index contributed by atoms with van der Waals surface area (Å²) < 4.78 is 3.74. The van der Waals surface area contributed by atoms with Crippen LogP contribution in [-0.2, 0) is 40.0 Å². The molecule has 0 bridgehead atoms. The normalized spacial score (nSPS) is 15.1. The van der Waals surface area contributed by atoms with E-state index in [0.29, 0.717) is 44.2 Å². The molecule has 0 fully saturated rings. The first-order valence-electron chi connectivity index (χ1n) is 14.9. The van der Waals surface area contributed by atoms with Crippen molar-refractivity contribution in [2.24, 2.45) is 14.1 Å². The van der Waals surface area contributed by atoms with Gasteiger partial charge in [-0.2, -0.15) is 0 Å². The van der Waals surface area contributed by atoms with Crippen molar-refractivity contribution in [2.45, 2.75) is 39.8 Å². The Morgan fingerprint density at radius 3 is 1.52 bits per heavy atom. The van der Waals surface area contributed by atoms with Gasteiger partial charge in [-0.15, -0.1) is 0 Å². The molecule has 0 saturated heterocycles. The molecule has 4 aromatic rings. The molecule has 0 saturated carbocycles. The predicted octanol–water partition coefficient (Wildman–Crippen LogP) is 5.39. The number of carbonyl (C=O) groups is 2. The first-order valence-corrected chi connectivity index (χ1v) is 15.7. The van der Waals surface area contributed by atoms with Crippen molar-refractivity contribution in [3.05, 3.63) is 80.9 Å². The average Bonchev–Trinajstić information content (AvgIpc) is 3.54. The summed E-state index contributed by atoms with van der Waals surface area (Å²) in [5.41, 5.74) is 6.16. The van der Waals surface area contributed by atoms with Gasteiger partial charge in [0.05, 0.1) is 32.8 Å². The number of halogens is 2. The number of amides is 2. The van der Waals surface area contributed by atoms with Crippen LogP contribution in [0.25, 0.3) is 11.1 Å². The van der Waals surface area contributed by atoms with E-state index in [4.69, 9.17) is 23.2 Å². The highest BCUT2D eigenvalue weighted by atomic mass is 35.5. The van der Waals surface area contributed by atoms with E-state index in [-0.39, 0.29) is 11.8 Å². The van der Waals surface area contributed by atoms with Gasteiger partial charge in [-0.1, -0.05) is 61.3 Å². The molecule has 44 heavy (non-hydrogen) atoms. The fourth-order valence-corrected chi connectivity index (χ4v) is 6.69. The zero-order chi connectivity index (χ0) is 31.1. The predicted molar refractivity (Wildman–Crippen MR) is 174 cm³/mol. The van der Waals surface area contributed by atoms with Crippen LogP contribution in [0.15, 0.2) is 36.4 Å². The molecule has 0 radical (unpaired) electrons. The summed E-state index contributed by atoms with van der Waals surface area (Å²) in [6.07, 6.45) is 1.70. The third-order valence-corrected chi connectivity index (χ3v) is 9.57. The Labute approximate surface area is 267 Å². The molecule has 10 nitrogen and oxygen atoms in total. The minimum absolute atomic E-state index is 0.333. The Balaban J connectivity index is 1.23. The summed E-state index contributed by atoms with van der Waals surface area (Å²) in [7, 11) is 3.75. The Kier molecular flexibility index (Phi) is 8.52. The lowest BCUT2D eigenvalue weighted by Gasteiger charge is -2.24. The number of carbonyl (C=O) groups excluding carboxylic acids is 2. The molecule has 2 amide bonds. The van der Waals surface area contributed by atoms with Crippen LogP contribution in [0.3, 0.4) is 0 Å². The largest absolute Gasteiger partial charge is 0.327 e. The van der Waals surface area contributed by atoms with Crippen molar-refractivity contribution < 1.29 is 9.59 Å². The fourth-order valence-electron chi connectivity index (χ4n) is 6.14. The van der Waals surface area contributed by atoms with Crippen molar-refractivity contribution in [2.75, 3.05) is 36.8 Å². The van der Waals surface area contributed by atoms with Gasteiger partial charge in [0.2, 0.25) is 0 Å². The van der Waals surface area contributed by atoms with Crippen molar-refractivity contribution in [3.8, 4) is 11.1 Å². The maximum absolute atomic E-state index is 13.4. The zero-order valence-corrected chi connectivity index (χ0v) is 26.9. The summed E-state index contributed by atoms with van der Waals surface area (Å²) in [4.78, 5) is 40.7. The number of fused-ring (bicyclic) bond motifs is 2. The van der Waals surface area contributed by atoms with Crippen molar-refractivity contribution in [1.29, 1.82) is 0 Å². The monoisotopic (exact) mass is 634 g/mol. The van der Waals surface area contributed by atoms with Crippen LogP contribution in [-0.4, -0.2) is 66.9 Å². The molecule has 2 aromatic carbocycles. The molecule has 12 heteroatoms. The molecule has 2 aliphatic rings. The Morgan fingerprint density at radius 2 is 1.14 bits per heavy atom. The average molecular weight is 636 g/mol. The molecule has 2 aliphatic heterocycles.